The van der Waals surface area contributed by atoms with Crippen LogP contribution in [0.15, 0.2) is 0 Å². The van der Waals surface area contributed by atoms with Gasteiger partial charge in [0, 0.05) is 0 Å². The molecule has 0 aromatic heterocycles. The Hall–Kier alpha value is 0. The summed E-state index contributed by atoms with van der Waals surface area (Å²) in [5.41, 5.74) is 0. The Labute approximate surface area is 89.5 Å². The van der Waals surface area contributed by atoms with E-state index in [-0.39, 0.29) is 0 Å². The van der Waals surface area contributed by atoms with Crippen molar-refractivity contribution in [3.63, 3.8) is 0 Å². The molecule has 2 fully saturated rings. The van der Waals surface area contributed by atoms with Crippen LogP contribution in [0.5, 0.6) is 0 Å². The first-order valence-electron chi connectivity index (χ1n) is 6.74. The number of rotatable bonds is 3. The van der Waals surface area contributed by atoms with Gasteiger partial charge >= 0.3 is 0 Å². The summed E-state index contributed by atoms with van der Waals surface area (Å²) in [5.74, 6) is 4.26. The molecule has 82 valence electrons. The molecule has 2 aliphatic carbocycles. The molecule has 0 heterocycles. The van der Waals surface area contributed by atoms with Crippen molar-refractivity contribution in [2.24, 2.45) is 23.7 Å². The summed E-state index contributed by atoms with van der Waals surface area (Å²) in [5, 5.41) is 0. The minimum Gasteiger partial charge on any atom is -0.0625 e. The minimum atomic E-state index is 1.03. The van der Waals surface area contributed by atoms with Crippen molar-refractivity contribution in [3.8, 4) is 0 Å². The summed E-state index contributed by atoms with van der Waals surface area (Å²) in [7, 11) is 0. The Morgan fingerprint density at radius 1 is 0.714 bits per heavy atom. The van der Waals surface area contributed by atoms with Gasteiger partial charge < -0.3 is 0 Å². The summed E-state index contributed by atoms with van der Waals surface area (Å²) in [6.07, 6.45) is 12.2. The topological polar surface area (TPSA) is 0 Å². The number of hydrogen-bond donors (Lipinski definition) is 0. The monoisotopic (exact) mass is 194 g/mol. The second-order valence-corrected chi connectivity index (χ2v) is 6.15. The van der Waals surface area contributed by atoms with Gasteiger partial charge in [-0.25, -0.2) is 0 Å². The molecule has 0 bridgehead atoms. The van der Waals surface area contributed by atoms with Gasteiger partial charge in [-0.2, -0.15) is 0 Å². The summed E-state index contributed by atoms with van der Waals surface area (Å²) >= 11 is 0. The van der Waals surface area contributed by atoms with Crippen LogP contribution in [-0.2, 0) is 0 Å². The Morgan fingerprint density at radius 2 is 1.14 bits per heavy atom. The van der Waals surface area contributed by atoms with Crippen LogP contribution in [0.3, 0.4) is 0 Å². The zero-order valence-corrected chi connectivity index (χ0v) is 9.97. The van der Waals surface area contributed by atoms with Crippen molar-refractivity contribution in [2.45, 2.75) is 65.2 Å². The zero-order valence-electron chi connectivity index (χ0n) is 9.97. The van der Waals surface area contributed by atoms with E-state index in [0.717, 1.165) is 23.7 Å². The van der Waals surface area contributed by atoms with Gasteiger partial charge in [0.1, 0.15) is 0 Å². The first-order chi connectivity index (χ1) is 6.74. The number of hydrogen-bond acceptors (Lipinski definition) is 0. The van der Waals surface area contributed by atoms with Crippen molar-refractivity contribution in [3.05, 3.63) is 0 Å². The molecule has 0 heteroatoms. The molecule has 2 aliphatic rings. The molecule has 2 rings (SSSR count). The lowest BCUT2D eigenvalue weighted by molar-refractivity contribution is 0.388. The molecular formula is C14H26. The van der Waals surface area contributed by atoms with Gasteiger partial charge in [-0.1, -0.05) is 52.4 Å². The molecule has 0 aliphatic heterocycles. The van der Waals surface area contributed by atoms with Crippen LogP contribution in [0.4, 0.5) is 0 Å². The molecule has 0 N–H and O–H groups in total. The van der Waals surface area contributed by atoms with Crippen LogP contribution >= 0.6 is 0 Å². The molecule has 0 radical (unpaired) electrons. The van der Waals surface area contributed by atoms with E-state index in [9.17, 15) is 0 Å². The van der Waals surface area contributed by atoms with E-state index in [1.165, 1.54) is 38.5 Å². The molecule has 0 aromatic rings. The van der Waals surface area contributed by atoms with Crippen LogP contribution in [0.25, 0.3) is 0 Å². The van der Waals surface area contributed by atoms with Crippen molar-refractivity contribution >= 4 is 0 Å². The van der Waals surface area contributed by atoms with Crippen LogP contribution in [0, 0.1) is 23.7 Å². The van der Waals surface area contributed by atoms with Gasteiger partial charge in [-0.3, -0.25) is 0 Å². The molecule has 0 aromatic carbocycles. The largest absolute Gasteiger partial charge is 0.0625 e. The van der Waals surface area contributed by atoms with Crippen LogP contribution in [0.2, 0.25) is 0 Å². The normalized spacial score (nSPS) is 43.3. The van der Waals surface area contributed by atoms with Gasteiger partial charge in [0.15, 0.2) is 0 Å². The van der Waals surface area contributed by atoms with E-state index in [2.05, 4.69) is 13.8 Å². The second-order valence-electron chi connectivity index (χ2n) is 6.15. The summed E-state index contributed by atoms with van der Waals surface area (Å²) in [6.45, 7) is 4.86. The van der Waals surface area contributed by atoms with Gasteiger partial charge in [0.2, 0.25) is 0 Å². The lowest BCUT2D eigenvalue weighted by Gasteiger charge is -2.13. The average molecular weight is 194 g/mol. The van der Waals surface area contributed by atoms with Crippen LogP contribution in [0.1, 0.15) is 65.2 Å². The predicted molar refractivity (Wildman–Crippen MR) is 62.2 cm³/mol. The third kappa shape index (κ3) is 2.74. The van der Waals surface area contributed by atoms with Crippen molar-refractivity contribution in [1.82, 2.24) is 0 Å². The first-order valence-corrected chi connectivity index (χ1v) is 6.74. The third-order valence-corrected chi connectivity index (χ3v) is 4.59. The minimum absolute atomic E-state index is 1.03. The molecule has 14 heavy (non-hydrogen) atoms. The van der Waals surface area contributed by atoms with Crippen molar-refractivity contribution in [1.29, 1.82) is 0 Å². The molecule has 0 nitrogen and oxygen atoms in total. The third-order valence-electron chi connectivity index (χ3n) is 4.59. The van der Waals surface area contributed by atoms with Gasteiger partial charge in [0.05, 0.1) is 0 Å². The Morgan fingerprint density at radius 3 is 1.43 bits per heavy atom. The highest BCUT2D eigenvalue weighted by Crippen LogP contribution is 2.38. The zero-order chi connectivity index (χ0) is 9.97. The highest BCUT2D eigenvalue weighted by Gasteiger charge is 2.25. The van der Waals surface area contributed by atoms with E-state index >= 15 is 0 Å². The lowest BCUT2D eigenvalue weighted by atomic mass is 9.93. The van der Waals surface area contributed by atoms with E-state index in [1.54, 1.807) is 12.8 Å². The van der Waals surface area contributed by atoms with Gasteiger partial charge in [-0.15, -0.1) is 0 Å². The Balaban J connectivity index is 1.63. The summed E-state index contributed by atoms with van der Waals surface area (Å²) in [4.78, 5) is 0. The highest BCUT2D eigenvalue weighted by molar-refractivity contribution is 4.77. The maximum Gasteiger partial charge on any atom is -0.0412 e. The van der Waals surface area contributed by atoms with Crippen LogP contribution in [-0.4, -0.2) is 0 Å². The fraction of sp³-hybridized carbons (Fsp3) is 1.00. The molecule has 0 saturated heterocycles. The van der Waals surface area contributed by atoms with Crippen molar-refractivity contribution in [2.75, 3.05) is 0 Å². The predicted octanol–water partition coefficient (Wildman–Crippen LogP) is 4.64. The second kappa shape index (κ2) is 4.68. The molecule has 2 saturated carbocycles. The van der Waals surface area contributed by atoms with E-state index < -0.39 is 0 Å². The van der Waals surface area contributed by atoms with E-state index in [1.807, 2.05) is 0 Å². The van der Waals surface area contributed by atoms with Gasteiger partial charge in [-0.05, 0) is 36.5 Å². The SMILES string of the molecule is CC1CC[C@H](CC[C@@H]2CCC(C)C2)C1. The Bertz CT molecular complexity index is 153. The lowest BCUT2D eigenvalue weighted by Crippen LogP contribution is -2.00. The highest BCUT2D eigenvalue weighted by atomic mass is 14.3. The molecule has 2 unspecified atom stereocenters. The Kier molecular flexibility index (Phi) is 3.52. The van der Waals surface area contributed by atoms with E-state index in [0.29, 0.717) is 0 Å². The first kappa shape index (κ1) is 10.5. The fourth-order valence-electron chi connectivity index (χ4n) is 3.65. The maximum absolute atomic E-state index is 2.43. The summed E-state index contributed by atoms with van der Waals surface area (Å²) in [6, 6.07) is 0. The van der Waals surface area contributed by atoms with Crippen molar-refractivity contribution < 1.29 is 0 Å². The average Bonchev–Trinajstić information content (AvgIpc) is 2.72. The maximum atomic E-state index is 2.43. The van der Waals surface area contributed by atoms with E-state index in [4.69, 9.17) is 0 Å². The standard InChI is InChI=1S/C14H26/c1-11-3-5-13(9-11)7-8-14-6-4-12(2)10-14/h11-14H,3-10H2,1-2H3/t11?,12?,13-,14+. The fourth-order valence-corrected chi connectivity index (χ4v) is 3.65. The van der Waals surface area contributed by atoms with Gasteiger partial charge in [0.25, 0.3) is 0 Å². The molecule has 0 amide bonds. The quantitative estimate of drug-likeness (QED) is 0.614. The molecule has 4 atom stereocenters. The van der Waals surface area contributed by atoms with Crippen LogP contribution < -0.4 is 0 Å². The summed E-state index contributed by atoms with van der Waals surface area (Å²) < 4.78 is 0. The smallest absolute Gasteiger partial charge is 0.0412 e. The molecular weight excluding hydrogens is 168 g/mol. The molecule has 0 spiro atoms.